The number of aldehydes is 1. The first-order valence-corrected chi connectivity index (χ1v) is 10.0. The number of benzene rings is 1. The summed E-state index contributed by atoms with van der Waals surface area (Å²) < 4.78 is 27.3. The highest BCUT2D eigenvalue weighted by atomic mass is 32.2. The van der Waals surface area contributed by atoms with Crippen LogP contribution in [0.3, 0.4) is 0 Å². The zero-order chi connectivity index (χ0) is 17.3. The van der Waals surface area contributed by atoms with E-state index in [1.807, 2.05) is 32.0 Å². The number of aryl methyl sites for hydroxylation is 2. The average molecular weight is 364 g/mol. The molecule has 3 rings (SSSR count). The molecule has 0 aliphatic carbocycles. The van der Waals surface area contributed by atoms with Crippen molar-refractivity contribution >= 4 is 32.6 Å². The van der Waals surface area contributed by atoms with Crippen LogP contribution in [0.25, 0.3) is 0 Å². The minimum atomic E-state index is -3.46. The van der Waals surface area contributed by atoms with Gasteiger partial charge in [-0.1, -0.05) is 17.7 Å². The average Bonchev–Trinajstić information content (AvgIpc) is 3.03. The summed E-state index contributed by atoms with van der Waals surface area (Å²) in [6.45, 7) is 5.94. The molecule has 0 saturated carbocycles. The van der Waals surface area contributed by atoms with E-state index < -0.39 is 10.0 Å². The summed E-state index contributed by atoms with van der Waals surface area (Å²) in [5, 5.41) is 1.01. The number of piperazine rings is 1. The number of sulfonamides is 1. The van der Waals surface area contributed by atoms with Crippen molar-refractivity contribution in [3.8, 4) is 0 Å². The highest BCUT2D eigenvalue weighted by molar-refractivity contribution is 7.89. The van der Waals surface area contributed by atoms with Crippen LogP contribution in [-0.2, 0) is 10.0 Å². The third-order valence-electron chi connectivity index (χ3n) is 4.23. The molecule has 0 bridgehead atoms. The van der Waals surface area contributed by atoms with E-state index in [1.165, 1.54) is 11.3 Å². The first-order valence-electron chi connectivity index (χ1n) is 7.79. The lowest BCUT2D eigenvalue weighted by Gasteiger charge is -2.34. The maximum atomic E-state index is 12.9. The SMILES string of the molecule is Cc1ccc(S(=O)(=O)N2CCN(c3ccc(C=O)s3)CC2)c(C)c1. The largest absolute Gasteiger partial charge is 0.361 e. The second-order valence-corrected chi connectivity index (χ2v) is 8.95. The van der Waals surface area contributed by atoms with Crippen LogP contribution in [0.15, 0.2) is 35.2 Å². The van der Waals surface area contributed by atoms with E-state index in [9.17, 15) is 13.2 Å². The summed E-state index contributed by atoms with van der Waals surface area (Å²) in [6.07, 6.45) is 0.842. The lowest BCUT2D eigenvalue weighted by Crippen LogP contribution is -2.48. The monoisotopic (exact) mass is 364 g/mol. The predicted molar refractivity (Wildman–Crippen MR) is 96.6 cm³/mol. The van der Waals surface area contributed by atoms with Gasteiger partial charge in [-0.3, -0.25) is 4.79 Å². The van der Waals surface area contributed by atoms with Crippen molar-refractivity contribution in [2.75, 3.05) is 31.1 Å². The second kappa shape index (κ2) is 6.66. The molecule has 2 aromatic rings. The summed E-state index contributed by atoms with van der Waals surface area (Å²) in [5.74, 6) is 0. The fourth-order valence-corrected chi connectivity index (χ4v) is 5.45. The van der Waals surface area contributed by atoms with E-state index >= 15 is 0 Å². The van der Waals surface area contributed by atoms with Crippen LogP contribution >= 0.6 is 11.3 Å². The number of thiophene rings is 1. The van der Waals surface area contributed by atoms with Gasteiger partial charge >= 0.3 is 0 Å². The van der Waals surface area contributed by atoms with Crippen LogP contribution in [-0.4, -0.2) is 45.2 Å². The molecule has 0 unspecified atom stereocenters. The molecule has 1 aliphatic rings. The zero-order valence-corrected chi connectivity index (χ0v) is 15.4. The quantitative estimate of drug-likeness (QED) is 0.783. The molecule has 0 radical (unpaired) electrons. The van der Waals surface area contributed by atoms with Crippen molar-refractivity contribution in [2.45, 2.75) is 18.7 Å². The molecule has 0 atom stereocenters. The van der Waals surface area contributed by atoms with E-state index in [4.69, 9.17) is 0 Å². The van der Waals surface area contributed by atoms with Gasteiger partial charge in [0.05, 0.1) is 14.8 Å². The summed E-state index contributed by atoms with van der Waals surface area (Å²) in [4.78, 5) is 14.0. The molecule has 7 heteroatoms. The standard InChI is InChI=1S/C17H20N2O3S2/c1-13-3-5-16(14(2)11-13)24(21,22)19-9-7-18(8-10-19)17-6-4-15(12-20)23-17/h3-6,11-12H,7-10H2,1-2H3. The highest BCUT2D eigenvalue weighted by Crippen LogP contribution is 2.28. The van der Waals surface area contributed by atoms with Gasteiger partial charge in [0.15, 0.2) is 6.29 Å². The van der Waals surface area contributed by atoms with E-state index in [2.05, 4.69) is 4.90 Å². The maximum absolute atomic E-state index is 12.9. The summed E-state index contributed by atoms with van der Waals surface area (Å²) >= 11 is 1.44. The maximum Gasteiger partial charge on any atom is 0.243 e. The number of rotatable bonds is 4. The van der Waals surface area contributed by atoms with Crippen molar-refractivity contribution in [2.24, 2.45) is 0 Å². The highest BCUT2D eigenvalue weighted by Gasteiger charge is 2.29. The molecule has 0 N–H and O–H groups in total. The second-order valence-electron chi connectivity index (χ2n) is 5.95. The van der Waals surface area contributed by atoms with Gasteiger partial charge < -0.3 is 4.90 Å². The van der Waals surface area contributed by atoms with Gasteiger partial charge in [0.2, 0.25) is 10.0 Å². The van der Waals surface area contributed by atoms with Gasteiger partial charge in [0.25, 0.3) is 0 Å². The van der Waals surface area contributed by atoms with E-state index in [-0.39, 0.29) is 0 Å². The Kier molecular flexibility index (Phi) is 4.76. The van der Waals surface area contributed by atoms with Gasteiger partial charge in [0.1, 0.15) is 0 Å². The van der Waals surface area contributed by atoms with E-state index in [0.29, 0.717) is 36.0 Å². The Morgan fingerprint density at radius 3 is 2.33 bits per heavy atom. The Morgan fingerprint density at radius 2 is 1.75 bits per heavy atom. The summed E-state index contributed by atoms with van der Waals surface area (Å²) in [6, 6.07) is 9.15. The van der Waals surface area contributed by atoms with Gasteiger partial charge in [-0.15, -0.1) is 11.3 Å². The van der Waals surface area contributed by atoms with E-state index in [1.54, 1.807) is 16.4 Å². The summed E-state index contributed by atoms with van der Waals surface area (Å²) in [5.41, 5.74) is 1.84. The summed E-state index contributed by atoms with van der Waals surface area (Å²) in [7, 11) is -3.46. The smallest absolute Gasteiger partial charge is 0.243 e. The van der Waals surface area contributed by atoms with Gasteiger partial charge in [-0.2, -0.15) is 4.31 Å². The fraction of sp³-hybridized carbons (Fsp3) is 0.353. The molecule has 1 aromatic heterocycles. The van der Waals surface area contributed by atoms with Crippen LogP contribution in [0.2, 0.25) is 0 Å². The van der Waals surface area contributed by atoms with Crippen molar-refractivity contribution in [3.63, 3.8) is 0 Å². The van der Waals surface area contributed by atoms with Crippen molar-refractivity contribution in [3.05, 3.63) is 46.3 Å². The Balaban J connectivity index is 1.74. The van der Waals surface area contributed by atoms with Crippen molar-refractivity contribution < 1.29 is 13.2 Å². The number of carbonyl (C=O) groups is 1. The molecule has 1 aliphatic heterocycles. The first kappa shape index (κ1) is 17.1. The topological polar surface area (TPSA) is 57.7 Å². The molecule has 2 heterocycles. The Hall–Kier alpha value is -1.70. The number of anilines is 1. The van der Waals surface area contributed by atoms with Crippen molar-refractivity contribution in [1.82, 2.24) is 4.31 Å². The minimum absolute atomic E-state index is 0.390. The molecule has 0 amide bonds. The molecule has 1 aromatic carbocycles. The predicted octanol–water partition coefficient (Wildman–Crippen LogP) is 2.69. The van der Waals surface area contributed by atoms with Gasteiger partial charge in [-0.25, -0.2) is 8.42 Å². The lowest BCUT2D eigenvalue weighted by molar-refractivity contribution is 0.112. The number of hydrogen-bond acceptors (Lipinski definition) is 5. The third kappa shape index (κ3) is 3.24. The van der Waals surface area contributed by atoms with E-state index in [0.717, 1.165) is 22.4 Å². The molecule has 128 valence electrons. The van der Waals surface area contributed by atoms with Gasteiger partial charge in [0, 0.05) is 26.2 Å². The van der Waals surface area contributed by atoms with Crippen LogP contribution in [0.1, 0.15) is 20.8 Å². The van der Waals surface area contributed by atoms with Crippen LogP contribution < -0.4 is 4.90 Å². The molecule has 5 nitrogen and oxygen atoms in total. The molecule has 0 spiro atoms. The molecule has 1 saturated heterocycles. The number of nitrogens with zero attached hydrogens (tertiary/aromatic N) is 2. The lowest BCUT2D eigenvalue weighted by atomic mass is 10.2. The Morgan fingerprint density at radius 1 is 1.04 bits per heavy atom. The zero-order valence-electron chi connectivity index (χ0n) is 13.7. The van der Waals surface area contributed by atoms with Crippen LogP contribution in [0, 0.1) is 13.8 Å². The Bertz CT molecular complexity index is 850. The van der Waals surface area contributed by atoms with Crippen LogP contribution in [0.4, 0.5) is 5.00 Å². The van der Waals surface area contributed by atoms with Crippen LogP contribution in [0.5, 0.6) is 0 Å². The molecular formula is C17H20N2O3S2. The van der Waals surface area contributed by atoms with Crippen molar-refractivity contribution in [1.29, 1.82) is 0 Å². The Labute approximate surface area is 146 Å². The fourth-order valence-electron chi connectivity index (χ4n) is 2.95. The normalized spacial score (nSPS) is 16.3. The molecule has 24 heavy (non-hydrogen) atoms. The molecular weight excluding hydrogens is 344 g/mol. The number of carbonyl (C=O) groups excluding carboxylic acids is 1. The minimum Gasteiger partial charge on any atom is -0.361 e. The third-order valence-corrected chi connectivity index (χ3v) is 7.36. The number of hydrogen-bond donors (Lipinski definition) is 0. The van der Waals surface area contributed by atoms with Gasteiger partial charge in [-0.05, 0) is 37.6 Å². The molecule has 1 fully saturated rings. The first-order chi connectivity index (χ1) is 11.4.